The summed E-state index contributed by atoms with van der Waals surface area (Å²) in [6.07, 6.45) is 0. The number of fused-ring (bicyclic) bond motifs is 1. The highest BCUT2D eigenvalue weighted by molar-refractivity contribution is 5.77. The predicted octanol–water partition coefficient (Wildman–Crippen LogP) is 1.24. The molecule has 0 saturated heterocycles. The molecular formula is C10H10N2O. The summed E-state index contributed by atoms with van der Waals surface area (Å²) in [4.78, 5) is 16.0. The van der Waals surface area contributed by atoms with Gasteiger partial charge in [-0.1, -0.05) is 12.1 Å². The number of rotatable bonds is 0. The highest BCUT2D eigenvalue weighted by Crippen LogP contribution is 2.05. The SMILES string of the molecule is Cc1nc2ccccc2c(=O)n1C. The zero-order valence-corrected chi connectivity index (χ0v) is 7.61. The van der Waals surface area contributed by atoms with Gasteiger partial charge in [-0.15, -0.1) is 0 Å². The standard InChI is InChI=1S/C10H10N2O/c1-7-11-9-6-4-3-5-8(9)10(13)12(7)2/h3-6H,1-2H3. The Kier molecular flexibility index (Phi) is 1.65. The molecule has 0 unspecified atom stereocenters. The van der Waals surface area contributed by atoms with Gasteiger partial charge >= 0.3 is 0 Å². The molecule has 3 heteroatoms. The number of para-hydroxylation sites is 1. The van der Waals surface area contributed by atoms with E-state index in [1.165, 1.54) is 0 Å². The summed E-state index contributed by atoms with van der Waals surface area (Å²) in [5, 5.41) is 0.676. The first-order chi connectivity index (χ1) is 6.20. The van der Waals surface area contributed by atoms with E-state index in [1.54, 1.807) is 17.7 Å². The minimum absolute atomic E-state index is 0.0168. The van der Waals surface area contributed by atoms with Crippen LogP contribution in [0.1, 0.15) is 5.82 Å². The summed E-state index contributed by atoms with van der Waals surface area (Å²) < 4.78 is 1.56. The van der Waals surface area contributed by atoms with Gasteiger partial charge < -0.3 is 0 Å². The summed E-state index contributed by atoms with van der Waals surface area (Å²) in [5.74, 6) is 0.740. The topological polar surface area (TPSA) is 34.9 Å². The fourth-order valence-corrected chi connectivity index (χ4v) is 1.33. The van der Waals surface area contributed by atoms with Crippen molar-refractivity contribution in [1.82, 2.24) is 9.55 Å². The minimum Gasteiger partial charge on any atom is -0.299 e. The Bertz CT molecular complexity index is 514. The third-order valence-electron chi connectivity index (χ3n) is 2.21. The minimum atomic E-state index is 0.0168. The Labute approximate surface area is 75.7 Å². The second kappa shape index (κ2) is 2.69. The third kappa shape index (κ3) is 1.13. The molecule has 3 nitrogen and oxygen atoms in total. The van der Waals surface area contributed by atoms with Crippen molar-refractivity contribution in [2.24, 2.45) is 7.05 Å². The van der Waals surface area contributed by atoms with Crippen LogP contribution in [0.25, 0.3) is 10.9 Å². The average Bonchev–Trinajstić information content (AvgIpc) is 2.15. The van der Waals surface area contributed by atoms with Crippen molar-refractivity contribution in [2.75, 3.05) is 0 Å². The Hall–Kier alpha value is -1.64. The number of aromatic nitrogens is 2. The molecule has 1 aromatic heterocycles. The van der Waals surface area contributed by atoms with Gasteiger partial charge in [0.25, 0.3) is 5.56 Å². The van der Waals surface area contributed by atoms with Gasteiger partial charge in [0, 0.05) is 7.05 Å². The molecule has 0 bridgehead atoms. The molecule has 0 aliphatic rings. The first kappa shape index (κ1) is 7.98. The molecular weight excluding hydrogens is 164 g/mol. The quantitative estimate of drug-likeness (QED) is 0.602. The van der Waals surface area contributed by atoms with Crippen LogP contribution in [0.2, 0.25) is 0 Å². The Morgan fingerprint density at radius 1 is 1.31 bits per heavy atom. The van der Waals surface area contributed by atoms with Crippen LogP contribution in [-0.2, 0) is 7.05 Å². The molecule has 0 fully saturated rings. The summed E-state index contributed by atoms with van der Waals surface area (Å²) in [6, 6.07) is 7.38. The largest absolute Gasteiger partial charge is 0.299 e. The van der Waals surface area contributed by atoms with E-state index >= 15 is 0 Å². The van der Waals surface area contributed by atoms with Gasteiger partial charge in [0.2, 0.25) is 0 Å². The van der Waals surface area contributed by atoms with E-state index in [2.05, 4.69) is 4.98 Å². The van der Waals surface area contributed by atoms with Gasteiger partial charge in [-0.3, -0.25) is 9.36 Å². The molecule has 2 rings (SSSR count). The maximum Gasteiger partial charge on any atom is 0.261 e. The fourth-order valence-electron chi connectivity index (χ4n) is 1.33. The molecule has 1 heterocycles. The van der Waals surface area contributed by atoms with Gasteiger partial charge in [0.1, 0.15) is 5.82 Å². The Morgan fingerprint density at radius 2 is 2.00 bits per heavy atom. The first-order valence-electron chi connectivity index (χ1n) is 4.12. The van der Waals surface area contributed by atoms with Crippen molar-refractivity contribution < 1.29 is 0 Å². The number of aryl methyl sites for hydroxylation is 1. The average molecular weight is 174 g/mol. The van der Waals surface area contributed by atoms with Crippen LogP contribution in [-0.4, -0.2) is 9.55 Å². The molecule has 0 N–H and O–H groups in total. The molecule has 0 atom stereocenters. The molecule has 0 spiro atoms. The lowest BCUT2D eigenvalue weighted by Crippen LogP contribution is -2.20. The third-order valence-corrected chi connectivity index (χ3v) is 2.21. The second-order valence-corrected chi connectivity index (χ2v) is 3.04. The molecule has 0 aliphatic heterocycles. The molecule has 66 valence electrons. The normalized spacial score (nSPS) is 10.6. The molecule has 13 heavy (non-hydrogen) atoms. The number of nitrogens with zero attached hydrogens (tertiary/aromatic N) is 2. The van der Waals surface area contributed by atoms with Gasteiger partial charge in [-0.05, 0) is 19.1 Å². The zero-order chi connectivity index (χ0) is 9.42. The van der Waals surface area contributed by atoms with E-state index < -0.39 is 0 Å². The van der Waals surface area contributed by atoms with Gasteiger partial charge in [-0.25, -0.2) is 4.98 Å². The van der Waals surface area contributed by atoms with Crippen molar-refractivity contribution in [2.45, 2.75) is 6.92 Å². The maximum absolute atomic E-state index is 11.7. The van der Waals surface area contributed by atoms with Crippen molar-refractivity contribution in [3.63, 3.8) is 0 Å². The van der Waals surface area contributed by atoms with Gasteiger partial charge in [-0.2, -0.15) is 0 Å². The van der Waals surface area contributed by atoms with Crippen LogP contribution in [0.3, 0.4) is 0 Å². The fraction of sp³-hybridized carbons (Fsp3) is 0.200. The van der Waals surface area contributed by atoms with E-state index in [0.29, 0.717) is 5.39 Å². The highest BCUT2D eigenvalue weighted by atomic mass is 16.1. The predicted molar refractivity (Wildman–Crippen MR) is 51.7 cm³/mol. The number of hydrogen-bond donors (Lipinski definition) is 0. The van der Waals surface area contributed by atoms with E-state index in [-0.39, 0.29) is 5.56 Å². The van der Waals surface area contributed by atoms with Gasteiger partial charge in [0.05, 0.1) is 10.9 Å². The molecule has 2 aromatic rings. The van der Waals surface area contributed by atoms with E-state index in [1.807, 2.05) is 25.1 Å². The van der Waals surface area contributed by atoms with Crippen molar-refractivity contribution in [3.8, 4) is 0 Å². The van der Waals surface area contributed by atoms with Crippen LogP contribution >= 0.6 is 0 Å². The molecule has 1 aromatic carbocycles. The van der Waals surface area contributed by atoms with Crippen LogP contribution < -0.4 is 5.56 Å². The Morgan fingerprint density at radius 3 is 2.77 bits per heavy atom. The van der Waals surface area contributed by atoms with Crippen molar-refractivity contribution in [1.29, 1.82) is 0 Å². The highest BCUT2D eigenvalue weighted by Gasteiger charge is 2.02. The lowest BCUT2D eigenvalue weighted by Gasteiger charge is -2.03. The molecule has 0 radical (unpaired) electrons. The van der Waals surface area contributed by atoms with Crippen LogP contribution in [0.4, 0.5) is 0 Å². The number of benzene rings is 1. The monoisotopic (exact) mass is 174 g/mol. The number of hydrogen-bond acceptors (Lipinski definition) is 2. The van der Waals surface area contributed by atoms with Crippen molar-refractivity contribution >= 4 is 10.9 Å². The maximum atomic E-state index is 11.7. The second-order valence-electron chi connectivity index (χ2n) is 3.04. The smallest absolute Gasteiger partial charge is 0.261 e. The summed E-state index contributed by atoms with van der Waals surface area (Å²) in [7, 11) is 1.73. The zero-order valence-electron chi connectivity index (χ0n) is 7.61. The Balaban J connectivity index is 3.03. The summed E-state index contributed by atoms with van der Waals surface area (Å²) in [6.45, 7) is 1.83. The summed E-state index contributed by atoms with van der Waals surface area (Å²) >= 11 is 0. The van der Waals surface area contributed by atoms with Crippen LogP contribution in [0, 0.1) is 6.92 Å². The lowest BCUT2D eigenvalue weighted by atomic mass is 10.2. The van der Waals surface area contributed by atoms with Gasteiger partial charge in [0.15, 0.2) is 0 Å². The molecule has 0 aliphatic carbocycles. The van der Waals surface area contributed by atoms with Crippen LogP contribution in [0.5, 0.6) is 0 Å². The molecule has 0 amide bonds. The first-order valence-corrected chi connectivity index (χ1v) is 4.12. The molecule has 0 saturated carbocycles. The van der Waals surface area contributed by atoms with E-state index in [4.69, 9.17) is 0 Å². The van der Waals surface area contributed by atoms with E-state index in [9.17, 15) is 4.79 Å². The summed E-state index contributed by atoms with van der Waals surface area (Å²) in [5.41, 5.74) is 0.784. The lowest BCUT2D eigenvalue weighted by molar-refractivity contribution is 0.792. The van der Waals surface area contributed by atoms with Crippen molar-refractivity contribution in [3.05, 3.63) is 40.4 Å². The van der Waals surface area contributed by atoms with E-state index in [0.717, 1.165) is 11.3 Å². The van der Waals surface area contributed by atoms with Crippen LogP contribution in [0.15, 0.2) is 29.1 Å².